The Morgan fingerprint density at radius 1 is 1.35 bits per heavy atom. The number of aryl methyl sites for hydroxylation is 1. The molecule has 0 bridgehead atoms. The van der Waals surface area contributed by atoms with E-state index in [1.165, 1.54) is 6.20 Å². The van der Waals surface area contributed by atoms with Crippen molar-refractivity contribution in [3.63, 3.8) is 0 Å². The van der Waals surface area contributed by atoms with Crippen LogP contribution in [-0.2, 0) is 0 Å². The van der Waals surface area contributed by atoms with Crippen LogP contribution in [0.15, 0.2) is 24.4 Å². The average molecular weight is 272 g/mol. The van der Waals surface area contributed by atoms with Crippen molar-refractivity contribution in [3.8, 4) is 0 Å². The van der Waals surface area contributed by atoms with Crippen molar-refractivity contribution in [2.24, 2.45) is 0 Å². The zero-order chi connectivity index (χ0) is 14.5. The molecule has 0 unspecified atom stereocenters. The van der Waals surface area contributed by atoms with Crippen molar-refractivity contribution < 1.29 is 4.79 Å². The molecule has 0 atom stereocenters. The summed E-state index contributed by atoms with van der Waals surface area (Å²) in [5.74, 6) is -0.176. The smallest absolute Gasteiger partial charge is 0.271 e. The lowest BCUT2D eigenvalue weighted by molar-refractivity contribution is 0.0945. The van der Waals surface area contributed by atoms with Gasteiger partial charge in [0.2, 0.25) is 0 Å². The molecule has 0 spiro atoms. The van der Waals surface area contributed by atoms with Crippen LogP contribution in [0.25, 0.3) is 11.0 Å². The molecule has 0 aliphatic carbocycles. The van der Waals surface area contributed by atoms with Gasteiger partial charge in [0.05, 0.1) is 17.2 Å². The first kappa shape index (κ1) is 14.4. The number of hydrogen-bond donors (Lipinski definition) is 1. The number of rotatable bonds is 5. The molecule has 0 saturated carbocycles. The maximum atomic E-state index is 12.0. The highest BCUT2D eigenvalue weighted by Crippen LogP contribution is 2.11. The minimum Gasteiger partial charge on any atom is -0.349 e. The number of nitrogens with one attached hydrogen (secondary N) is 1. The largest absolute Gasteiger partial charge is 0.349 e. The van der Waals surface area contributed by atoms with Gasteiger partial charge in [-0.2, -0.15) is 0 Å². The normalized spacial score (nSPS) is 11.0. The molecule has 1 amide bonds. The van der Waals surface area contributed by atoms with Crippen LogP contribution >= 0.6 is 0 Å². The predicted molar refractivity (Wildman–Crippen MR) is 79.8 cm³/mol. The van der Waals surface area contributed by atoms with Crippen LogP contribution in [0.5, 0.6) is 0 Å². The van der Waals surface area contributed by atoms with E-state index in [0.29, 0.717) is 12.2 Å². The second-order valence-electron chi connectivity index (χ2n) is 4.90. The second kappa shape index (κ2) is 6.43. The minimum atomic E-state index is -0.176. The molecule has 0 aliphatic rings. The van der Waals surface area contributed by atoms with Gasteiger partial charge >= 0.3 is 0 Å². The van der Waals surface area contributed by atoms with E-state index < -0.39 is 0 Å². The van der Waals surface area contributed by atoms with Gasteiger partial charge in [0.15, 0.2) is 0 Å². The number of carbonyl (C=O) groups is 1. The van der Waals surface area contributed by atoms with E-state index in [1.54, 1.807) is 0 Å². The molecule has 106 valence electrons. The summed E-state index contributed by atoms with van der Waals surface area (Å²) in [4.78, 5) is 22.8. The lowest BCUT2D eigenvalue weighted by Crippen LogP contribution is -2.33. The van der Waals surface area contributed by atoms with Gasteiger partial charge in [-0.05, 0) is 38.2 Å². The van der Waals surface area contributed by atoms with E-state index in [2.05, 4.69) is 27.1 Å². The van der Waals surface area contributed by atoms with Gasteiger partial charge in [0, 0.05) is 13.1 Å². The van der Waals surface area contributed by atoms with Gasteiger partial charge in [0.1, 0.15) is 5.69 Å². The highest BCUT2D eigenvalue weighted by Gasteiger charge is 2.08. The van der Waals surface area contributed by atoms with Crippen LogP contribution in [0, 0.1) is 6.92 Å². The van der Waals surface area contributed by atoms with Crippen molar-refractivity contribution in [1.82, 2.24) is 20.2 Å². The van der Waals surface area contributed by atoms with E-state index >= 15 is 0 Å². The van der Waals surface area contributed by atoms with Crippen molar-refractivity contribution in [2.45, 2.75) is 13.8 Å². The third-order valence-corrected chi connectivity index (χ3v) is 3.25. The molecule has 20 heavy (non-hydrogen) atoms. The molecule has 2 rings (SSSR count). The molecule has 0 aliphatic heterocycles. The van der Waals surface area contributed by atoms with Crippen LogP contribution in [0.4, 0.5) is 0 Å². The first-order chi connectivity index (χ1) is 9.60. The summed E-state index contributed by atoms with van der Waals surface area (Å²) in [5, 5.41) is 2.86. The summed E-state index contributed by atoms with van der Waals surface area (Å²) in [6.07, 6.45) is 1.53. The highest BCUT2D eigenvalue weighted by atomic mass is 16.1. The maximum absolute atomic E-state index is 12.0. The van der Waals surface area contributed by atoms with Crippen molar-refractivity contribution in [3.05, 3.63) is 35.7 Å². The average Bonchev–Trinajstić information content (AvgIpc) is 2.46. The third-order valence-electron chi connectivity index (χ3n) is 3.25. The molecule has 0 saturated heterocycles. The molecule has 1 heterocycles. The summed E-state index contributed by atoms with van der Waals surface area (Å²) >= 11 is 0. The zero-order valence-corrected chi connectivity index (χ0v) is 12.2. The number of amides is 1. The summed E-state index contributed by atoms with van der Waals surface area (Å²) in [6.45, 7) is 6.48. The quantitative estimate of drug-likeness (QED) is 0.898. The number of nitrogens with zero attached hydrogens (tertiary/aromatic N) is 3. The van der Waals surface area contributed by atoms with Crippen LogP contribution < -0.4 is 5.32 Å². The number of carbonyl (C=O) groups excluding carboxylic acids is 1. The first-order valence-corrected chi connectivity index (χ1v) is 6.80. The Kier molecular flexibility index (Phi) is 4.63. The molecular formula is C15H20N4O. The fourth-order valence-electron chi connectivity index (χ4n) is 1.84. The Morgan fingerprint density at radius 3 is 2.90 bits per heavy atom. The van der Waals surface area contributed by atoms with E-state index in [0.717, 1.165) is 29.7 Å². The molecule has 5 nitrogen and oxygen atoms in total. The number of likely N-dealkylation sites (N-methyl/N-ethyl adjacent to an activating group) is 1. The van der Waals surface area contributed by atoms with E-state index in [4.69, 9.17) is 0 Å². The fraction of sp³-hybridized carbons (Fsp3) is 0.400. The molecule has 1 aromatic heterocycles. The lowest BCUT2D eigenvalue weighted by atomic mass is 10.2. The fourth-order valence-corrected chi connectivity index (χ4v) is 1.84. The van der Waals surface area contributed by atoms with Crippen molar-refractivity contribution >= 4 is 16.9 Å². The summed E-state index contributed by atoms with van der Waals surface area (Å²) < 4.78 is 0. The van der Waals surface area contributed by atoms with E-state index in [1.807, 2.05) is 32.2 Å². The monoisotopic (exact) mass is 272 g/mol. The van der Waals surface area contributed by atoms with Gasteiger partial charge in [-0.3, -0.25) is 9.78 Å². The number of fused-ring (bicyclic) bond motifs is 1. The SMILES string of the molecule is CCN(C)CCNC(=O)c1cnc2cc(C)ccc2n1. The Morgan fingerprint density at radius 2 is 2.15 bits per heavy atom. The lowest BCUT2D eigenvalue weighted by Gasteiger charge is -2.13. The van der Waals surface area contributed by atoms with Crippen molar-refractivity contribution in [1.29, 1.82) is 0 Å². The summed E-state index contributed by atoms with van der Waals surface area (Å²) in [5.41, 5.74) is 3.05. The van der Waals surface area contributed by atoms with Gasteiger partial charge < -0.3 is 10.2 Å². The topological polar surface area (TPSA) is 58.1 Å². The van der Waals surface area contributed by atoms with Gasteiger partial charge in [-0.25, -0.2) is 4.98 Å². The second-order valence-corrected chi connectivity index (χ2v) is 4.90. The Bertz CT molecular complexity index is 612. The van der Waals surface area contributed by atoms with Gasteiger partial charge in [0.25, 0.3) is 5.91 Å². The zero-order valence-electron chi connectivity index (χ0n) is 12.2. The summed E-state index contributed by atoms with van der Waals surface area (Å²) in [7, 11) is 2.02. The molecule has 0 fully saturated rings. The van der Waals surface area contributed by atoms with Crippen LogP contribution in [-0.4, -0.2) is 47.5 Å². The molecule has 5 heteroatoms. The highest BCUT2D eigenvalue weighted by molar-refractivity contribution is 5.93. The maximum Gasteiger partial charge on any atom is 0.271 e. The summed E-state index contributed by atoms with van der Waals surface area (Å²) in [6, 6.07) is 5.81. The third kappa shape index (κ3) is 3.51. The van der Waals surface area contributed by atoms with Crippen LogP contribution in [0.3, 0.4) is 0 Å². The first-order valence-electron chi connectivity index (χ1n) is 6.80. The van der Waals surface area contributed by atoms with Gasteiger partial charge in [-0.15, -0.1) is 0 Å². The number of hydrogen-bond acceptors (Lipinski definition) is 4. The number of benzene rings is 1. The molecule has 2 aromatic rings. The standard InChI is InChI=1S/C15H20N4O/c1-4-19(3)8-7-16-15(20)14-10-17-13-9-11(2)5-6-12(13)18-14/h5-6,9-10H,4,7-8H2,1-3H3,(H,16,20). The van der Waals surface area contributed by atoms with E-state index in [-0.39, 0.29) is 5.91 Å². The van der Waals surface area contributed by atoms with Gasteiger partial charge in [-0.1, -0.05) is 13.0 Å². The van der Waals surface area contributed by atoms with E-state index in [9.17, 15) is 4.79 Å². The van der Waals surface area contributed by atoms with Crippen LogP contribution in [0.2, 0.25) is 0 Å². The Balaban J connectivity index is 2.05. The molecule has 0 radical (unpaired) electrons. The Hall–Kier alpha value is -2.01. The minimum absolute atomic E-state index is 0.176. The van der Waals surface area contributed by atoms with Crippen LogP contribution in [0.1, 0.15) is 23.0 Å². The number of aromatic nitrogens is 2. The molecule has 1 aromatic carbocycles. The van der Waals surface area contributed by atoms with Crippen molar-refractivity contribution in [2.75, 3.05) is 26.7 Å². The Labute approximate surface area is 119 Å². The molecule has 1 N–H and O–H groups in total. The molecular weight excluding hydrogens is 252 g/mol. The predicted octanol–water partition coefficient (Wildman–Crippen LogP) is 1.62.